The minimum Gasteiger partial charge on any atom is -0.352 e. The lowest BCUT2D eigenvalue weighted by Crippen LogP contribution is -2.49. The lowest BCUT2D eigenvalue weighted by Gasteiger charge is -2.35. The van der Waals surface area contributed by atoms with Gasteiger partial charge < -0.3 is 9.80 Å². The van der Waals surface area contributed by atoms with Crippen LogP contribution < -0.4 is 4.90 Å². The van der Waals surface area contributed by atoms with Gasteiger partial charge in [-0.15, -0.1) is 11.3 Å². The average Bonchev–Trinajstić information content (AvgIpc) is 3.10. The van der Waals surface area contributed by atoms with E-state index in [9.17, 15) is 4.79 Å². The quantitative estimate of drug-likeness (QED) is 0.714. The number of thiazole rings is 1. The highest BCUT2D eigenvalue weighted by Crippen LogP contribution is 2.29. The van der Waals surface area contributed by atoms with Gasteiger partial charge in [0.2, 0.25) is 0 Å². The number of carbonyl (C=O) groups is 1. The first-order valence-corrected chi connectivity index (χ1v) is 9.37. The van der Waals surface area contributed by atoms with Crippen molar-refractivity contribution in [2.45, 2.75) is 6.92 Å². The summed E-state index contributed by atoms with van der Waals surface area (Å²) in [6.45, 7) is 4.77. The molecule has 1 aromatic carbocycles. The zero-order valence-corrected chi connectivity index (χ0v) is 15.3. The van der Waals surface area contributed by atoms with E-state index in [0.29, 0.717) is 13.1 Å². The highest BCUT2D eigenvalue weighted by atomic mass is 32.1. The van der Waals surface area contributed by atoms with Crippen molar-refractivity contribution in [2.75, 3.05) is 31.1 Å². The summed E-state index contributed by atoms with van der Waals surface area (Å²) >= 11 is 1.47. The summed E-state index contributed by atoms with van der Waals surface area (Å²) < 4.78 is 0. The van der Waals surface area contributed by atoms with Crippen LogP contribution in [-0.2, 0) is 0 Å². The number of rotatable bonds is 3. The van der Waals surface area contributed by atoms with Crippen molar-refractivity contribution in [1.29, 1.82) is 0 Å². The third-order valence-corrected chi connectivity index (χ3v) is 5.65. The highest BCUT2D eigenvalue weighted by molar-refractivity contribution is 7.17. The Morgan fingerprint density at radius 2 is 1.85 bits per heavy atom. The van der Waals surface area contributed by atoms with E-state index in [1.165, 1.54) is 11.3 Å². The number of hydrogen-bond donors (Lipinski definition) is 0. The molecule has 26 heavy (non-hydrogen) atoms. The predicted octanol–water partition coefficient (Wildman–Crippen LogP) is 2.87. The monoisotopic (exact) mass is 365 g/mol. The van der Waals surface area contributed by atoms with Crippen LogP contribution in [0.4, 0.5) is 5.82 Å². The first-order chi connectivity index (χ1) is 12.7. The Bertz CT molecular complexity index is 889. The fourth-order valence-corrected chi connectivity index (χ4v) is 4.08. The summed E-state index contributed by atoms with van der Waals surface area (Å²) in [7, 11) is 0. The molecule has 0 aliphatic carbocycles. The molecule has 1 aliphatic heterocycles. The van der Waals surface area contributed by atoms with Gasteiger partial charge in [-0.25, -0.2) is 9.97 Å². The molecule has 0 N–H and O–H groups in total. The van der Waals surface area contributed by atoms with Gasteiger partial charge in [-0.05, 0) is 6.92 Å². The summed E-state index contributed by atoms with van der Waals surface area (Å²) in [5.74, 6) is 0.931. The highest BCUT2D eigenvalue weighted by Gasteiger charge is 2.26. The van der Waals surface area contributed by atoms with E-state index >= 15 is 0 Å². The average molecular weight is 365 g/mol. The van der Waals surface area contributed by atoms with Crippen molar-refractivity contribution >= 4 is 23.1 Å². The van der Waals surface area contributed by atoms with Crippen molar-refractivity contribution < 1.29 is 4.79 Å². The fourth-order valence-electron chi connectivity index (χ4n) is 3.04. The summed E-state index contributed by atoms with van der Waals surface area (Å²) in [4.78, 5) is 30.8. The van der Waals surface area contributed by atoms with Crippen molar-refractivity contribution in [3.05, 3.63) is 59.5 Å². The second-order valence-electron chi connectivity index (χ2n) is 6.14. The zero-order chi connectivity index (χ0) is 17.9. The molecule has 0 radical (unpaired) electrons. The molecule has 1 aliphatic rings. The number of aryl methyl sites for hydroxylation is 1. The zero-order valence-electron chi connectivity index (χ0n) is 14.5. The van der Waals surface area contributed by atoms with Crippen LogP contribution >= 0.6 is 11.3 Å². The Kier molecular flexibility index (Phi) is 4.62. The van der Waals surface area contributed by atoms with Crippen LogP contribution in [-0.4, -0.2) is 51.9 Å². The summed E-state index contributed by atoms with van der Waals surface area (Å²) in [5.41, 5.74) is 1.85. The molecule has 4 rings (SSSR count). The number of anilines is 1. The molecule has 1 fully saturated rings. The number of piperazine rings is 1. The largest absolute Gasteiger partial charge is 0.352 e. The van der Waals surface area contributed by atoms with Gasteiger partial charge in [0, 0.05) is 44.1 Å². The molecule has 0 bridgehead atoms. The molecule has 132 valence electrons. The van der Waals surface area contributed by atoms with Gasteiger partial charge >= 0.3 is 0 Å². The van der Waals surface area contributed by atoms with Gasteiger partial charge in [0.25, 0.3) is 5.91 Å². The van der Waals surface area contributed by atoms with E-state index in [1.54, 1.807) is 18.6 Å². The Labute approximate surface area is 156 Å². The molecule has 7 heteroatoms. The van der Waals surface area contributed by atoms with Gasteiger partial charge in [0.05, 0.1) is 11.9 Å². The number of amides is 1. The van der Waals surface area contributed by atoms with Crippen LogP contribution in [0.2, 0.25) is 0 Å². The first kappa shape index (κ1) is 16.7. The van der Waals surface area contributed by atoms with Crippen LogP contribution in [0.5, 0.6) is 0 Å². The van der Waals surface area contributed by atoms with Crippen LogP contribution in [0.3, 0.4) is 0 Å². The maximum atomic E-state index is 13.0. The molecule has 1 saturated heterocycles. The fraction of sp³-hybridized carbons (Fsp3) is 0.263. The van der Waals surface area contributed by atoms with E-state index < -0.39 is 0 Å². The van der Waals surface area contributed by atoms with E-state index in [0.717, 1.165) is 40.0 Å². The van der Waals surface area contributed by atoms with Crippen LogP contribution in [0.1, 0.15) is 15.4 Å². The Balaban J connectivity index is 1.47. The van der Waals surface area contributed by atoms with Crippen molar-refractivity contribution in [1.82, 2.24) is 19.9 Å². The van der Waals surface area contributed by atoms with Crippen LogP contribution in [0, 0.1) is 6.92 Å². The normalized spacial score (nSPS) is 14.5. The molecular formula is C19H19N5OS. The van der Waals surface area contributed by atoms with Gasteiger partial charge in [0.1, 0.15) is 15.7 Å². The summed E-state index contributed by atoms with van der Waals surface area (Å²) in [5, 5.41) is 0.893. The first-order valence-electron chi connectivity index (χ1n) is 8.55. The van der Waals surface area contributed by atoms with Crippen molar-refractivity contribution in [2.24, 2.45) is 0 Å². The second kappa shape index (κ2) is 7.21. The van der Waals surface area contributed by atoms with E-state index in [4.69, 9.17) is 0 Å². The van der Waals surface area contributed by atoms with Gasteiger partial charge in [-0.1, -0.05) is 30.3 Å². The van der Waals surface area contributed by atoms with Crippen LogP contribution in [0.25, 0.3) is 10.6 Å². The minimum absolute atomic E-state index is 0.0703. The van der Waals surface area contributed by atoms with Gasteiger partial charge in [-0.3, -0.25) is 9.78 Å². The lowest BCUT2D eigenvalue weighted by molar-refractivity contribution is 0.0750. The number of nitrogens with zero attached hydrogens (tertiary/aromatic N) is 5. The molecule has 6 nitrogen and oxygen atoms in total. The maximum absolute atomic E-state index is 13.0. The Hall–Kier alpha value is -2.80. The van der Waals surface area contributed by atoms with E-state index in [1.807, 2.05) is 42.2 Å². The molecular weight excluding hydrogens is 346 g/mol. The third kappa shape index (κ3) is 3.30. The molecule has 0 spiro atoms. The molecule has 3 heterocycles. The Morgan fingerprint density at radius 1 is 1.08 bits per heavy atom. The summed E-state index contributed by atoms with van der Waals surface area (Å²) in [6.07, 6.45) is 5.12. The van der Waals surface area contributed by atoms with Gasteiger partial charge in [-0.2, -0.15) is 0 Å². The topological polar surface area (TPSA) is 62.2 Å². The Morgan fingerprint density at radius 3 is 2.54 bits per heavy atom. The predicted molar refractivity (Wildman–Crippen MR) is 102 cm³/mol. The molecule has 0 atom stereocenters. The molecule has 3 aromatic rings. The number of carbonyl (C=O) groups excluding carboxylic acids is 1. The lowest BCUT2D eigenvalue weighted by atomic mass is 10.2. The summed E-state index contributed by atoms with van der Waals surface area (Å²) in [6, 6.07) is 9.99. The van der Waals surface area contributed by atoms with E-state index in [-0.39, 0.29) is 5.91 Å². The maximum Gasteiger partial charge on any atom is 0.265 e. The third-order valence-electron chi connectivity index (χ3n) is 4.45. The SMILES string of the molecule is Cc1nc(-c2ccccc2)sc1C(=O)N1CCN(c2cnccn2)CC1. The minimum atomic E-state index is 0.0703. The van der Waals surface area contributed by atoms with Crippen LogP contribution in [0.15, 0.2) is 48.9 Å². The molecule has 0 saturated carbocycles. The smallest absolute Gasteiger partial charge is 0.265 e. The molecule has 1 amide bonds. The van der Waals surface area contributed by atoms with Gasteiger partial charge in [0.15, 0.2) is 0 Å². The standard InChI is InChI=1S/C19H19N5OS/c1-14-17(26-18(22-14)15-5-3-2-4-6-15)19(25)24-11-9-23(10-12-24)16-13-20-7-8-21-16/h2-8,13H,9-12H2,1H3. The number of benzene rings is 1. The molecule has 0 unspecified atom stereocenters. The van der Waals surface area contributed by atoms with Crippen molar-refractivity contribution in [3.8, 4) is 10.6 Å². The number of hydrogen-bond acceptors (Lipinski definition) is 6. The number of aromatic nitrogens is 3. The van der Waals surface area contributed by atoms with E-state index in [2.05, 4.69) is 19.9 Å². The molecule has 2 aromatic heterocycles. The van der Waals surface area contributed by atoms with Crippen molar-refractivity contribution in [3.63, 3.8) is 0 Å². The second-order valence-corrected chi connectivity index (χ2v) is 7.14.